The van der Waals surface area contributed by atoms with Crippen molar-refractivity contribution in [2.75, 3.05) is 20.5 Å². The maximum atomic E-state index is 11.8. The van der Waals surface area contributed by atoms with Gasteiger partial charge in [0.2, 0.25) is 6.79 Å². The van der Waals surface area contributed by atoms with Crippen LogP contribution in [0.4, 0.5) is 0 Å². The molecule has 29 heavy (non-hydrogen) atoms. The van der Waals surface area contributed by atoms with E-state index in [-0.39, 0.29) is 13.3 Å². The van der Waals surface area contributed by atoms with Gasteiger partial charge in [0.25, 0.3) is 5.91 Å². The Labute approximate surface area is 167 Å². The average Bonchev–Trinajstić information content (AvgIpc) is 3.22. The Kier molecular flexibility index (Phi) is 6.47. The molecule has 0 fully saturated rings. The number of nitrogens with one attached hydrogen (secondary N) is 1. The first kappa shape index (κ1) is 19.9. The lowest BCUT2D eigenvalue weighted by Crippen LogP contribution is -2.28. The van der Waals surface area contributed by atoms with Crippen molar-refractivity contribution in [3.63, 3.8) is 0 Å². The van der Waals surface area contributed by atoms with Crippen LogP contribution in [0.15, 0.2) is 48.5 Å². The van der Waals surface area contributed by atoms with Crippen LogP contribution in [-0.2, 0) is 25.6 Å². The van der Waals surface area contributed by atoms with Crippen LogP contribution in [0.5, 0.6) is 11.5 Å². The Bertz CT molecular complexity index is 935. The summed E-state index contributed by atoms with van der Waals surface area (Å²) in [4.78, 5) is 35.0. The zero-order valence-corrected chi connectivity index (χ0v) is 15.7. The number of benzene rings is 2. The summed E-state index contributed by atoms with van der Waals surface area (Å²) in [5.74, 6) is -0.241. The molecule has 1 heterocycles. The fourth-order valence-corrected chi connectivity index (χ4v) is 2.49. The fraction of sp³-hybridized carbons (Fsp3) is 0.190. The standard InChI is InChI=1S/C21H19NO7/c1-26-21(25)16-6-2-15(3-7-16)11-22-19(23)12-27-20(24)9-5-14-4-8-17-18(10-14)29-13-28-17/h2-10H,11-13H2,1H3,(H,22,23)/b9-5+. The molecule has 0 radical (unpaired) electrons. The molecule has 2 aromatic rings. The number of ether oxygens (including phenoxy) is 4. The smallest absolute Gasteiger partial charge is 0.337 e. The summed E-state index contributed by atoms with van der Waals surface area (Å²) in [5, 5.41) is 2.63. The summed E-state index contributed by atoms with van der Waals surface area (Å²) in [6.07, 6.45) is 2.79. The van der Waals surface area contributed by atoms with Crippen LogP contribution in [0, 0.1) is 0 Å². The summed E-state index contributed by atoms with van der Waals surface area (Å²) in [5.41, 5.74) is 1.96. The highest BCUT2D eigenvalue weighted by Gasteiger charge is 2.12. The van der Waals surface area contributed by atoms with Gasteiger partial charge < -0.3 is 24.3 Å². The van der Waals surface area contributed by atoms with E-state index in [1.165, 1.54) is 13.2 Å². The van der Waals surface area contributed by atoms with Crippen LogP contribution >= 0.6 is 0 Å². The molecule has 0 unspecified atom stereocenters. The summed E-state index contributed by atoms with van der Waals surface area (Å²) in [6.45, 7) is 0.0184. The number of methoxy groups -OCH3 is 1. The van der Waals surface area contributed by atoms with Gasteiger partial charge in [0.05, 0.1) is 12.7 Å². The number of esters is 2. The minimum absolute atomic E-state index is 0.176. The van der Waals surface area contributed by atoms with E-state index in [1.54, 1.807) is 48.5 Å². The molecule has 1 aliphatic heterocycles. The van der Waals surface area contributed by atoms with Crippen molar-refractivity contribution < 1.29 is 33.3 Å². The minimum atomic E-state index is -0.639. The van der Waals surface area contributed by atoms with Crippen molar-refractivity contribution in [3.05, 3.63) is 65.2 Å². The molecule has 0 atom stereocenters. The number of carbonyl (C=O) groups excluding carboxylic acids is 3. The Morgan fingerprint density at radius 3 is 2.59 bits per heavy atom. The molecule has 1 aliphatic rings. The third kappa shape index (κ3) is 5.58. The summed E-state index contributed by atoms with van der Waals surface area (Å²) in [7, 11) is 1.31. The van der Waals surface area contributed by atoms with E-state index in [4.69, 9.17) is 14.2 Å². The highest BCUT2D eigenvalue weighted by Crippen LogP contribution is 2.32. The van der Waals surface area contributed by atoms with E-state index in [9.17, 15) is 14.4 Å². The number of hydrogen-bond donors (Lipinski definition) is 1. The quantitative estimate of drug-likeness (QED) is 0.564. The highest BCUT2D eigenvalue weighted by atomic mass is 16.7. The molecule has 3 rings (SSSR count). The van der Waals surface area contributed by atoms with E-state index < -0.39 is 24.5 Å². The first-order chi connectivity index (χ1) is 14.0. The minimum Gasteiger partial charge on any atom is -0.465 e. The van der Waals surface area contributed by atoms with Crippen molar-refractivity contribution in [3.8, 4) is 11.5 Å². The molecular formula is C21H19NO7. The average molecular weight is 397 g/mol. The van der Waals surface area contributed by atoms with Crippen molar-refractivity contribution in [2.24, 2.45) is 0 Å². The third-order valence-electron chi connectivity index (χ3n) is 4.02. The number of carbonyl (C=O) groups is 3. The lowest BCUT2D eigenvalue weighted by molar-refractivity contribution is -0.143. The molecule has 150 valence electrons. The van der Waals surface area contributed by atoms with Gasteiger partial charge >= 0.3 is 11.9 Å². The van der Waals surface area contributed by atoms with Gasteiger partial charge in [-0.3, -0.25) is 4.79 Å². The Balaban J connectivity index is 1.40. The monoisotopic (exact) mass is 397 g/mol. The summed E-state index contributed by atoms with van der Waals surface area (Å²) >= 11 is 0. The lowest BCUT2D eigenvalue weighted by Gasteiger charge is -2.06. The van der Waals surface area contributed by atoms with Crippen LogP contribution in [0.25, 0.3) is 6.08 Å². The zero-order valence-electron chi connectivity index (χ0n) is 15.7. The van der Waals surface area contributed by atoms with Crippen molar-refractivity contribution in [2.45, 2.75) is 6.54 Å². The van der Waals surface area contributed by atoms with E-state index in [0.29, 0.717) is 17.1 Å². The van der Waals surface area contributed by atoms with E-state index in [2.05, 4.69) is 10.1 Å². The molecule has 0 saturated heterocycles. The van der Waals surface area contributed by atoms with Gasteiger partial charge in [-0.2, -0.15) is 0 Å². The molecule has 1 N–H and O–H groups in total. The predicted octanol–water partition coefficient (Wildman–Crippen LogP) is 2.07. The molecule has 0 aromatic heterocycles. The molecule has 8 nitrogen and oxygen atoms in total. The topological polar surface area (TPSA) is 100 Å². The van der Waals surface area contributed by atoms with E-state index in [1.807, 2.05) is 0 Å². The van der Waals surface area contributed by atoms with Crippen LogP contribution in [-0.4, -0.2) is 38.4 Å². The summed E-state index contributed by atoms with van der Waals surface area (Å²) in [6, 6.07) is 11.9. The van der Waals surface area contributed by atoms with Gasteiger partial charge in [-0.1, -0.05) is 18.2 Å². The number of amides is 1. The van der Waals surface area contributed by atoms with Gasteiger partial charge in [-0.05, 0) is 41.5 Å². The Morgan fingerprint density at radius 1 is 1.07 bits per heavy atom. The Hall–Kier alpha value is -3.81. The second kappa shape index (κ2) is 9.41. The van der Waals surface area contributed by atoms with Gasteiger partial charge in [0.15, 0.2) is 18.1 Å². The zero-order chi connectivity index (χ0) is 20.6. The normalized spacial score (nSPS) is 11.9. The molecule has 0 aliphatic carbocycles. The number of hydrogen-bond acceptors (Lipinski definition) is 7. The molecule has 0 saturated carbocycles. The number of fused-ring (bicyclic) bond motifs is 1. The second-order valence-corrected chi connectivity index (χ2v) is 6.02. The SMILES string of the molecule is COC(=O)c1ccc(CNC(=O)COC(=O)/C=C/c2ccc3c(c2)OCO3)cc1. The van der Waals surface area contributed by atoms with Crippen LogP contribution in [0.3, 0.4) is 0 Å². The van der Waals surface area contributed by atoms with E-state index in [0.717, 1.165) is 11.1 Å². The van der Waals surface area contributed by atoms with Gasteiger partial charge in [0, 0.05) is 12.6 Å². The highest BCUT2D eigenvalue weighted by molar-refractivity contribution is 5.90. The molecular weight excluding hydrogens is 378 g/mol. The van der Waals surface area contributed by atoms with Crippen molar-refractivity contribution in [1.29, 1.82) is 0 Å². The van der Waals surface area contributed by atoms with Crippen LogP contribution < -0.4 is 14.8 Å². The van der Waals surface area contributed by atoms with Crippen LogP contribution in [0.1, 0.15) is 21.5 Å². The van der Waals surface area contributed by atoms with Gasteiger partial charge in [-0.15, -0.1) is 0 Å². The molecule has 0 bridgehead atoms. The largest absolute Gasteiger partial charge is 0.465 e. The van der Waals surface area contributed by atoms with E-state index >= 15 is 0 Å². The fourth-order valence-electron chi connectivity index (χ4n) is 2.49. The van der Waals surface area contributed by atoms with Gasteiger partial charge in [0.1, 0.15) is 0 Å². The first-order valence-corrected chi connectivity index (χ1v) is 8.73. The maximum absolute atomic E-state index is 11.8. The second-order valence-electron chi connectivity index (χ2n) is 6.02. The van der Waals surface area contributed by atoms with Crippen LogP contribution in [0.2, 0.25) is 0 Å². The predicted molar refractivity (Wildman–Crippen MR) is 102 cm³/mol. The molecule has 2 aromatic carbocycles. The third-order valence-corrected chi connectivity index (χ3v) is 4.02. The molecule has 0 spiro atoms. The maximum Gasteiger partial charge on any atom is 0.337 e. The lowest BCUT2D eigenvalue weighted by atomic mass is 10.1. The van der Waals surface area contributed by atoms with Gasteiger partial charge in [-0.25, -0.2) is 9.59 Å². The molecule has 1 amide bonds. The van der Waals surface area contributed by atoms with Crippen molar-refractivity contribution >= 4 is 23.9 Å². The molecule has 8 heteroatoms. The number of rotatable bonds is 7. The first-order valence-electron chi connectivity index (χ1n) is 8.73. The Morgan fingerprint density at radius 2 is 1.83 bits per heavy atom. The van der Waals surface area contributed by atoms with Crippen molar-refractivity contribution in [1.82, 2.24) is 5.32 Å². The summed E-state index contributed by atoms with van der Waals surface area (Å²) < 4.78 is 20.0.